The Morgan fingerprint density at radius 2 is 1.68 bits per heavy atom. The maximum atomic E-state index is 14.2. The fourth-order valence-corrected chi connectivity index (χ4v) is 8.90. The van der Waals surface area contributed by atoms with E-state index in [0.29, 0.717) is 39.8 Å². The van der Waals surface area contributed by atoms with Crippen molar-refractivity contribution in [2.75, 3.05) is 46.4 Å². The summed E-state index contributed by atoms with van der Waals surface area (Å²) in [7, 11) is -0.452. The average molecular weight is 676 g/mol. The number of aromatic nitrogens is 3. The van der Waals surface area contributed by atoms with Crippen molar-refractivity contribution < 1.29 is 17.9 Å². The molecule has 2 aliphatic rings. The summed E-state index contributed by atoms with van der Waals surface area (Å²) in [4.78, 5) is 9.85. The Labute approximate surface area is 281 Å². The Balaban J connectivity index is 1.18. The van der Waals surface area contributed by atoms with Crippen molar-refractivity contribution in [3.8, 4) is 22.8 Å². The summed E-state index contributed by atoms with van der Waals surface area (Å²) in [6.45, 7) is 8.05. The summed E-state index contributed by atoms with van der Waals surface area (Å²) in [6, 6.07) is 14.9. The summed E-state index contributed by atoms with van der Waals surface area (Å²) in [5, 5.41) is 1.82. The van der Waals surface area contributed by atoms with Gasteiger partial charge in [-0.2, -0.15) is 0 Å². The van der Waals surface area contributed by atoms with Crippen LogP contribution in [0.4, 0.5) is 0 Å². The van der Waals surface area contributed by atoms with Crippen LogP contribution < -0.4 is 9.47 Å². The first-order valence-corrected chi connectivity index (χ1v) is 18.3. The molecule has 0 amide bonds. The van der Waals surface area contributed by atoms with Crippen LogP contribution in [-0.4, -0.2) is 84.2 Å². The molecule has 248 valence electrons. The molecule has 5 heterocycles. The number of aryl methyl sites for hydroxylation is 2. The van der Waals surface area contributed by atoms with Crippen LogP contribution in [0.1, 0.15) is 37.7 Å². The predicted molar refractivity (Wildman–Crippen MR) is 187 cm³/mol. The molecule has 2 fully saturated rings. The molecule has 2 saturated heterocycles. The van der Waals surface area contributed by atoms with Crippen molar-refractivity contribution in [1.82, 2.24) is 23.3 Å². The molecule has 2 aliphatic heterocycles. The van der Waals surface area contributed by atoms with Gasteiger partial charge in [-0.15, -0.1) is 0 Å². The molecule has 0 radical (unpaired) electrons. The first-order valence-electron chi connectivity index (χ1n) is 16.5. The molecule has 0 saturated carbocycles. The van der Waals surface area contributed by atoms with Gasteiger partial charge in [0.2, 0.25) is 0 Å². The lowest BCUT2D eigenvalue weighted by Crippen LogP contribution is -2.47. The topological polar surface area (TPSA) is 81.8 Å². The maximum Gasteiger partial charge on any atom is 0.269 e. The summed E-state index contributed by atoms with van der Waals surface area (Å²) in [6.07, 6.45) is 9.96. The Kier molecular flexibility index (Phi) is 8.95. The molecular formula is C36H42ClN5O4S. The van der Waals surface area contributed by atoms with Crippen LogP contribution in [0.5, 0.6) is 11.5 Å². The van der Waals surface area contributed by atoms with Crippen molar-refractivity contribution >= 4 is 43.6 Å². The molecule has 0 aliphatic carbocycles. The number of benzene rings is 2. The lowest BCUT2D eigenvalue weighted by Gasteiger charge is -2.40. The second kappa shape index (κ2) is 13.1. The van der Waals surface area contributed by atoms with E-state index in [9.17, 15) is 8.42 Å². The van der Waals surface area contributed by atoms with Crippen molar-refractivity contribution in [3.05, 3.63) is 71.5 Å². The number of piperidine rings is 2. The van der Waals surface area contributed by atoms with E-state index in [1.54, 1.807) is 43.5 Å². The number of halogens is 1. The summed E-state index contributed by atoms with van der Waals surface area (Å²) in [5.41, 5.74) is 3.32. The lowest BCUT2D eigenvalue weighted by atomic mass is 10.00. The summed E-state index contributed by atoms with van der Waals surface area (Å²) >= 11 is 6.59. The van der Waals surface area contributed by atoms with E-state index < -0.39 is 10.0 Å². The van der Waals surface area contributed by atoms with Crippen molar-refractivity contribution in [1.29, 1.82) is 0 Å². The third-order valence-electron chi connectivity index (χ3n) is 9.85. The molecule has 47 heavy (non-hydrogen) atoms. The molecule has 3 aromatic heterocycles. The normalized spacial score (nSPS) is 17.1. The highest BCUT2D eigenvalue weighted by Gasteiger charge is 2.28. The molecule has 5 aromatic rings. The number of fused-ring (bicyclic) bond motifs is 2. The monoisotopic (exact) mass is 675 g/mol. The van der Waals surface area contributed by atoms with Gasteiger partial charge in [-0.1, -0.05) is 35.7 Å². The van der Waals surface area contributed by atoms with Gasteiger partial charge in [0.05, 0.1) is 28.2 Å². The van der Waals surface area contributed by atoms with Crippen LogP contribution in [0.15, 0.2) is 65.8 Å². The number of hydrogen-bond acceptors (Lipinski definition) is 7. The summed E-state index contributed by atoms with van der Waals surface area (Å²) < 4.78 is 43.9. The van der Waals surface area contributed by atoms with Gasteiger partial charge in [0, 0.05) is 54.4 Å². The predicted octanol–water partition coefficient (Wildman–Crippen LogP) is 6.73. The van der Waals surface area contributed by atoms with Crippen molar-refractivity contribution in [2.45, 2.75) is 50.0 Å². The number of ether oxygens (including phenoxy) is 2. The highest BCUT2D eigenvalue weighted by molar-refractivity contribution is 7.90. The van der Waals surface area contributed by atoms with Gasteiger partial charge in [-0.05, 0) is 89.1 Å². The van der Waals surface area contributed by atoms with E-state index in [0.717, 1.165) is 42.1 Å². The van der Waals surface area contributed by atoms with Crippen LogP contribution in [0.3, 0.4) is 0 Å². The Bertz CT molecular complexity index is 2010. The third kappa shape index (κ3) is 6.12. The van der Waals surface area contributed by atoms with Gasteiger partial charge in [0.25, 0.3) is 10.0 Å². The van der Waals surface area contributed by atoms with Crippen LogP contribution in [0.25, 0.3) is 33.2 Å². The molecule has 7 rings (SSSR count). The van der Waals surface area contributed by atoms with E-state index in [-0.39, 0.29) is 10.5 Å². The van der Waals surface area contributed by atoms with Crippen molar-refractivity contribution in [3.63, 3.8) is 0 Å². The minimum Gasteiger partial charge on any atom is -0.493 e. The second-order valence-corrected chi connectivity index (χ2v) is 15.0. The molecule has 0 spiro atoms. The molecule has 0 N–H and O–H groups in total. The molecule has 11 heteroatoms. The van der Waals surface area contributed by atoms with Crippen LogP contribution >= 0.6 is 11.6 Å². The standard InChI is InChI=1S/C36H42ClN5O4S/c1-25-7-9-27(10-8-25)47(43,44)42-33(21-29-31(37)11-14-38-36(29)42)30-24-39(2)32-23-35(34(45-3)22-28(30)32)46-20-19-40-17-12-26(13-18-40)41-15-5-4-6-16-41/h7-11,14,21-24,26H,4-6,12-13,15-20H2,1-3H3. The molecule has 9 nitrogen and oxygen atoms in total. The van der Waals surface area contributed by atoms with Gasteiger partial charge in [-0.25, -0.2) is 17.4 Å². The maximum absolute atomic E-state index is 14.2. The second-order valence-electron chi connectivity index (χ2n) is 12.8. The Morgan fingerprint density at radius 3 is 2.40 bits per heavy atom. The molecule has 0 unspecified atom stereocenters. The summed E-state index contributed by atoms with van der Waals surface area (Å²) in [5.74, 6) is 1.25. The zero-order valence-corrected chi connectivity index (χ0v) is 28.9. The van der Waals surface area contributed by atoms with E-state index in [2.05, 4.69) is 14.8 Å². The van der Waals surface area contributed by atoms with Gasteiger partial charge >= 0.3 is 0 Å². The molecule has 2 aromatic carbocycles. The number of nitrogens with zero attached hydrogens (tertiary/aromatic N) is 5. The number of pyridine rings is 1. The largest absolute Gasteiger partial charge is 0.493 e. The van der Waals surface area contributed by atoms with Gasteiger partial charge in [0.1, 0.15) is 6.61 Å². The van der Waals surface area contributed by atoms with E-state index in [4.69, 9.17) is 21.1 Å². The highest BCUT2D eigenvalue weighted by atomic mass is 35.5. The highest BCUT2D eigenvalue weighted by Crippen LogP contribution is 2.41. The lowest BCUT2D eigenvalue weighted by molar-refractivity contribution is 0.0855. The molecule has 0 bridgehead atoms. The van der Waals surface area contributed by atoms with Crippen LogP contribution in [0, 0.1) is 6.92 Å². The van der Waals surface area contributed by atoms with Crippen molar-refractivity contribution in [2.24, 2.45) is 7.05 Å². The Morgan fingerprint density at radius 1 is 0.936 bits per heavy atom. The number of rotatable bonds is 9. The zero-order chi connectivity index (χ0) is 32.7. The van der Waals surface area contributed by atoms with Crippen LogP contribution in [-0.2, 0) is 17.1 Å². The van der Waals surface area contributed by atoms with E-state index in [1.165, 1.54) is 55.4 Å². The molecular weight excluding hydrogens is 634 g/mol. The fraction of sp³-hybridized carbons (Fsp3) is 0.417. The van der Waals surface area contributed by atoms with E-state index in [1.807, 2.05) is 36.9 Å². The number of methoxy groups -OCH3 is 1. The van der Waals surface area contributed by atoms with E-state index >= 15 is 0 Å². The van der Waals surface area contributed by atoms with Gasteiger partial charge in [-0.3, -0.25) is 4.90 Å². The fourth-order valence-electron chi connectivity index (χ4n) is 7.23. The first kappa shape index (κ1) is 32.0. The van der Waals surface area contributed by atoms with Gasteiger partial charge < -0.3 is 18.9 Å². The quantitative estimate of drug-likeness (QED) is 0.171. The number of hydrogen-bond donors (Lipinski definition) is 0. The average Bonchev–Trinajstić information content (AvgIpc) is 3.64. The van der Waals surface area contributed by atoms with Crippen LogP contribution in [0.2, 0.25) is 5.02 Å². The Hall–Kier alpha value is -3.57. The minimum absolute atomic E-state index is 0.174. The first-order chi connectivity index (χ1) is 22.7. The zero-order valence-electron chi connectivity index (χ0n) is 27.3. The van der Waals surface area contributed by atoms with Gasteiger partial charge in [0.15, 0.2) is 17.1 Å². The SMILES string of the molecule is COc1cc2c(-c3cc4c(Cl)ccnc4n3S(=O)(=O)c3ccc(C)cc3)cn(C)c2cc1OCCN1CCC(N2CCCCC2)CC1. The smallest absolute Gasteiger partial charge is 0.269 e. The number of likely N-dealkylation sites (tertiary alicyclic amines) is 2. The minimum atomic E-state index is -4.03. The third-order valence-corrected chi connectivity index (χ3v) is 11.9. The molecule has 0 atom stereocenters.